The number of amides is 1. The van der Waals surface area contributed by atoms with E-state index >= 15 is 0 Å². The second-order valence-corrected chi connectivity index (χ2v) is 8.84. The summed E-state index contributed by atoms with van der Waals surface area (Å²) in [5.74, 6) is 2.55. The quantitative estimate of drug-likeness (QED) is 0.857. The van der Waals surface area contributed by atoms with Gasteiger partial charge in [-0.2, -0.15) is 0 Å². The summed E-state index contributed by atoms with van der Waals surface area (Å²) in [6, 6.07) is 0.818. The van der Waals surface area contributed by atoms with Crippen molar-refractivity contribution in [3.05, 3.63) is 11.4 Å². The lowest BCUT2D eigenvalue weighted by molar-refractivity contribution is 0.0626. The summed E-state index contributed by atoms with van der Waals surface area (Å²) in [5.41, 5.74) is 1.56. The first kappa shape index (κ1) is 18.2. The molecule has 0 spiro atoms. The Morgan fingerprint density at radius 2 is 1.65 bits per heavy atom. The average Bonchev–Trinajstić information content (AvgIpc) is 2.89. The van der Waals surface area contributed by atoms with Crippen LogP contribution in [0, 0.1) is 24.7 Å². The number of carbonyl (C=O) groups is 1. The number of nitrogens with zero attached hydrogens (tertiary/aromatic N) is 4. The molecule has 1 aromatic heterocycles. The molecule has 26 heavy (non-hydrogen) atoms. The van der Waals surface area contributed by atoms with Gasteiger partial charge in [-0.1, -0.05) is 5.21 Å². The zero-order chi connectivity index (χ0) is 17.0. The van der Waals surface area contributed by atoms with Crippen molar-refractivity contribution in [1.29, 1.82) is 0 Å². The van der Waals surface area contributed by atoms with Crippen molar-refractivity contribution < 1.29 is 4.79 Å². The molecule has 2 aliphatic carbocycles. The average molecular weight is 380 g/mol. The van der Waals surface area contributed by atoms with Gasteiger partial charge in [-0.3, -0.25) is 4.79 Å². The first-order chi connectivity index (χ1) is 12.2. The Labute approximate surface area is 161 Å². The predicted octanol–water partition coefficient (Wildman–Crippen LogP) is 2.58. The van der Waals surface area contributed by atoms with E-state index in [1.54, 1.807) is 0 Å². The highest BCUT2D eigenvalue weighted by atomic mass is 35.5. The second-order valence-electron chi connectivity index (χ2n) is 8.84. The Morgan fingerprint density at radius 3 is 2.35 bits per heavy atom. The molecule has 1 aromatic rings. The zero-order valence-electron chi connectivity index (χ0n) is 15.6. The third-order valence-electron chi connectivity index (χ3n) is 7.15. The van der Waals surface area contributed by atoms with E-state index in [0.29, 0.717) is 23.7 Å². The van der Waals surface area contributed by atoms with E-state index in [1.165, 1.54) is 32.1 Å². The van der Waals surface area contributed by atoms with Gasteiger partial charge in [0.15, 0.2) is 5.69 Å². The molecular weight excluding hydrogens is 350 g/mol. The molecule has 6 rings (SSSR count). The van der Waals surface area contributed by atoms with Crippen molar-refractivity contribution in [1.82, 2.24) is 25.2 Å². The molecule has 3 aliphatic heterocycles. The Morgan fingerprint density at radius 1 is 1.00 bits per heavy atom. The summed E-state index contributed by atoms with van der Waals surface area (Å²) in [7, 11) is 0. The van der Waals surface area contributed by atoms with E-state index in [4.69, 9.17) is 0 Å². The molecule has 3 saturated heterocycles. The number of aromatic nitrogens is 3. The smallest absolute Gasteiger partial charge is 0.276 e. The van der Waals surface area contributed by atoms with Gasteiger partial charge in [-0.15, -0.1) is 17.5 Å². The number of carbonyl (C=O) groups excluding carboxylic acids is 1. The van der Waals surface area contributed by atoms with Gasteiger partial charge in [0.1, 0.15) is 0 Å². The molecular formula is C19H30ClN5O. The van der Waals surface area contributed by atoms with Crippen LogP contribution in [0.4, 0.5) is 0 Å². The summed E-state index contributed by atoms with van der Waals surface area (Å²) in [6.45, 7) is 5.00. The number of hydrogen-bond donors (Lipinski definition) is 1. The molecule has 4 bridgehead atoms. The first-order valence-electron chi connectivity index (χ1n) is 10.1. The van der Waals surface area contributed by atoms with Crippen LogP contribution in [0.3, 0.4) is 0 Å². The number of fused-ring (bicyclic) bond motifs is 1. The molecule has 7 heteroatoms. The van der Waals surface area contributed by atoms with Crippen molar-refractivity contribution >= 4 is 18.3 Å². The van der Waals surface area contributed by atoms with E-state index < -0.39 is 0 Å². The Bertz CT molecular complexity index is 657. The monoisotopic (exact) mass is 379 g/mol. The van der Waals surface area contributed by atoms with Gasteiger partial charge in [-0.25, -0.2) is 4.68 Å². The third kappa shape index (κ3) is 3.05. The highest BCUT2D eigenvalue weighted by Gasteiger charge is 2.44. The standard InChI is InChI=1S/C19H29N5O.ClH/c1-12-18(21-22-24(12)16-2-4-20-5-3-16)19(25)23-11-15-7-13-6-14(8-15)10-17(23)9-13;/h13-17,20H,2-11H2,1H3;1H. The molecule has 1 amide bonds. The van der Waals surface area contributed by atoms with E-state index in [1.807, 2.05) is 11.6 Å². The van der Waals surface area contributed by atoms with Gasteiger partial charge in [-0.05, 0) is 82.7 Å². The van der Waals surface area contributed by atoms with Crippen LogP contribution in [0.1, 0.15) is 67.2 Å². The maximum atomic E-state index is 13.3. The Balaban J connectivity index is 0.00000168. The topological polar surface area (TPSA) is 63.1 Å². The molecule has 6 nitrogen and oxygen atoms in total. The molecule has 144 valence electrons. The highest BCUT2D eigenvalue weighted by molar-refractivity contribution is 5.93. The SMILES string of the molecule is Cc1c(C(=O)N2CC3CC4CC(C3)CC2C4)nnn1C1CCNCC1.Cl. The normalized spacial score (nSPS) is 33.8. The Hall–Kier alpha value is -1.14. The van der Waals surface area contributed by atoms with Crippen LogP contribution in [0.2, 0.25) is 0 Å². The fraction of sp³-hybridized carbons (Fsp3) is 0.842. The maximum Gasteiger partial charge on any atom is 0.276 e. The third-order valence-corrected chi connectivity index (χ3v) is 7.15. The molecule has 2 unspecified atom stereocenters. The van der Waals surface area contributed by atoms with E-state index in [2.05, 4.69) is 20.5 Å². The molecule has 4 heterocycles. The number of rotatable bonds is 2. The summed E-state index contributed by atoms with van der Waals surface area (Å²) >= 11 is 0. The molecule has 2 saturated carbocycles. The van der Waals surface area contributed by atoms with E-state index in [-0.39, 0.29) is 18.3 Å². The van der Waals surface area contributed by atoms with Crippen LogP contribution in [0.15, 0.2) is 0 Å². The number of nitrogens with one attached hydrogen (secondary N) is 1. The highest BCUT2D eigenvalue weighted by Crippen LogP contribution is 2.47. The van der Waals surface area contributed by atoms with Crippen LogP contribution >= 0.6 is 12.4 Å². The van der Waals surface area contributed by atoms with Crippen molar-refractivity contribution in [3.63, 3.8) is 0 Å². The lowest BCUT2D eigenvalue weighted by atomic mass is 9.68. The van der Waals surface area contributed by atoms with Gasteiger partial charge < -0.3 is 10.2 Å². The van der Waals surface area contributed by atoms with Crippen LogP contribution in [-0.4, -0.2) is 51.5 Å². The summed E-state index contributed by atoms with van der Waals surface area (Å²) < 4.78 is 2.01. The van der Waals surface area contributed by atoms with Crippen LogP contribution in [0.25, 0.3) is 0 Å². The van der Waals surface area contributed by atoms with Crippen LogP contribution in [-0.2, 0) is 0 Å². The summed E-state index contributed by atoms with van der Waals surface area (Å²) in [4.78, 5) is 15.5. The summed E-state index contributed by atoms with van der Waals surface area (Å²) in [6.07, 6.45) is 8.61. The fourth-order valence-electron chi connectivity index (χ4n) is 6.11. The van der Waals surface area contributed by atoms with Crippen LogP contribution in [0.5, 0.6) is 0 Å². The Kier molecular flexibility index (Phi) is 4.99. The minimum atomic E-state index is 0. The van der Waals surface area contributed by atoms with Crippen molar-refractivity contribution in [3.8, 4) is 0 Å². The molecule has 5 fully saturated rings. The predicted molar refractivity (Wildman–Crippen MR) is 102 cm³/mol. The minimum Gasteiger partial charge on any atom is -0.334 e. The molecule has 5 aliphatic rings. The molecule has 2 atom stereocenters. The van der Waals surface area contributed by atoms with Crippen LogP contribution < -0.4 is 5.32 Å². The minimum absolute atomic E-state index is 0. The lowest BCUT2D eigenvalue weighted by Crippen LogP contribution is -2.42. The number of hydrogen-bond acceptors (Lipinski definition) is 4. The molecule has 0 aromatic carbocycles. The number of halogens is 1. The summed E-state index contributed by atoms with van der Waals surface area (Å²) in [5, 5.41) is 12.1. The van der Waals surface area contributed by atoms with Gasteiger partial charge in [0.2, 0.25) is 0 Å². The van der Waals surface area contributed by atoms with Gasteiger partial charge in [0, 0.05) is 12.6 Å². The van der Waals surface area contributed by atoms with Crippen molar-refractivity contribution in [2.75, 3.05) is 19.6 Å². The largest absolute Gasteiger partial charge is 0.334 e. The van der Waals surface area contributed by atoms with E-state index in [0.717, 1.165) is 50.0 Å². The van der Waals surface area contributed by atoms with Crippen molar-refractivity contribution in [2.45, 2.75) is 64.0 Å². The lowest BCUT2D eigenvalue weighted by Gasteiger charge is -2.38. The number of piperidine rings is 1. The molecule has 0 radical (unpaired) electrons. The fourth-order valence-corrected chi connectivity index (χ4v) is 6.11. The van der Waals surface area contributed by atoms with E-state index in [9.17, 15) is 4.79 Å². The van der Waals surface area contributed by atoms with Crippen molar-refractivity contribution in [2.24, 2.45) is 17.8 Å². The van der Waals surface area contributed by atoms with Gasteiger partial charge in [0.05, 0.1) is 11.7 Å². The van der Waals surface area contributed by atoms with Gasteiger partial charge in [0.25, 0.3) is 5.91 Å². The first-order valence-corrected chi connectivity index (χ1v) is 10.1. The molecule has 1 N–H and O–H groups in total. The second kappa shape index (κ2) is 7.12. The maximum absolute atomic E-state index is 13.3. The zero-order valence-corrected chi connectivity index (χ0v) is 16.4. The van der Waals surface area contributed by atoms with Gasteiger partial charge >= 0.3 is 0 Å².